The minimum Gasteiger partial charge on any atom is -0.457 e. The number of hydrogen-bond acceptors (Lipinski definition) is 4. The van der Waals surface area contributed by atoms with E-state index in [0.717, 1.165) is 43.2 Å². The molecule has 0 aliphatic carbocycles. The fourth-order valence-electron chi connectivity index (χ4n) is 2.84. The fourth-order valence-corrected chi connectivity index (χ4v) is 2.84. The molecule has 0 bridgehead atoms. The lowest BCUT2D eigenvalue weighted by atomic mass is 10.0. The second-order valence-electron chi connectivity index (χ2n) is 5.47. The quantitative estimate of drug-likeness (QED) is 0.890. The van der Waals surface area contributed by atoms with Gasteiger partial charge < -0.3 is 15.2 Å². The predicted octanol–water partition coefficient (Wildman–Crippen LogP) is 2.42. The van der Waals surface area contributed by atoms with Crippen LogP contribution >= 0.6 is 0 Å². The molecule has 0 radical (unpaired) electrons. The van der Waals surface area contributed by atoms with Crippen molar-refractivity contribution in [2.24, 2.45) is 0 Å². The van der Waals surface area contributed by atoms with E-state index in [-0.39, 0.29) is 12.6 Å². The van der Waals surface area contributed by atoms with Crippen LogP contribution in [0.4, 0.5) is 0 Å². The van der Waals surface area contributed by atoms with Gasteiger partial charge in [-0.25, -0.2) is 0 Å². The Kier molecular flexibility index (Phi) is 5.06. The van der Waals surface area contributed by atoms with Gasteiger partial charge in [-0.05, 0) is 29.8 Å². The van der Waals surface area contributed by atoms with E-state index in [1.807, 2.05) is 48.5 Å². The molecule has 0 amide bonds. The minimum absolute atomic E-state index is 0.0291. The van der Waals surface area contributed by atoms with Crippen molar-refractivity contribution in [3.8, 4) is 11.5 Å². The van der Waals surface area contributed by atoms with Gasteiger partial charge >= 0.3 is 0 Å². The topological polar surface area (TPSA) is 44.7 Å². The van der Waals surface area contributed by atoms with E-state index in [4.69, 9.17) is 4.74 Å². The molecule has 0 saturated carbocycles. The van der Waals surface area contributed by atoms with Crippen molar-refractivity contribution in [1.29, 1.82) is 0 Å². The van der Waals surface area contributed by atoms with Crippen LogP contribution in [0.15, 0.2) is 54.6 Å². The molecule has 1 aliphatic heterocycles. The summed E-state index contributed by atoms with van der Waals surface area (Å²) in [7, 11) is 0. The van der Waals surface area contributed by atoms with Gasteiger partial charge in [-0.3, -0.25) is 4.90 Å². The van der Waals surface area contributed by atoms with Gasteiger partial charge in [-0.15, -0.1) is 0 Å². The Balaban J connectivity index is 1.77. The van der Waals surface area contributed by atoms with Crippen LogP contribution in [0.3, 0.4) is 0 Å². The van der Waals surface area contributed by atoms with Crippen LogP contribution in [0.5, 0.6) is 11.5 Å². The van der Waals surface area contributed by atoms with Gasteiger partial charge in [-0.1, -0.05) is 30.3 Å². The van der Waals surface area contributed by atoms with Crippen molar-refractivity contribution in [3.05, 3.63) is 60.2 Å². The minimum atomic E-state index is 0.0291. The highest BCUT2D eigenvalue weighted by atomic mass is 16.5. The highest BCUT2D eigenvalue weighted by Gasteiger charge is 2.21. The average Bonchev–Trinajstić information content (AvgIpc) is 2.58. The molecular formula is C18H22N2O2. The number of rotatable bonds is 5. The zero-order valence-electron chi connectivity index (χ0n) is 12.6. The molecule has 22 heavy (non-hydrogen) atoms. The number of piperazine rings is 1. The first kappa shape index (κ1) is 15.0. The summed E-state index contributed by atoms with van der Waals surface area (Å²) in [5.74, 6) is 1.62. The molecule has 4 nitrogen and oxygen atoms in total. The lowest BCUT2D eigenvalue weighted by Crippen LogP contribution is -2.46. The summed E-state index contributed by atoms with van der Waals surface area (Å²) in [6, 6.07) is 17.8. The predicted molar refractivity (Wildman–Crippen MR) is 87.2 cm³/mol. The first-order valence-corrected chi connectivity index (χ1v) is 7.75. The molecule has 1 fully saturated rings. The number of nitrogens with zero attached hydrogens (tertiary/aromatic N) is 1. The molecule has 2 N–H and O–H groups in total. The van der Waals surface area contributed by atoms with E-state index >= 15 is 0 Å². The zero-order chi connectivity index (χ0) is 15.2. The molecule has 0 aromatic heterocycles. The van der Waals surface area contributed by atoms with Gasteiger partial charge in [0.15, 0.2) is 0 Å². The molecule has 2 aromatic carbocycles. The SMILES string of the molecule is OCC(c1cccc(Oc2ccccc2)c1)N1CCNCC1. The standard InChI is InChI=1S/C18H22N2O2/c21-14-18(20-11-9-19-10-12-20)15-5-4-8-17(13-15)22-16-6-2-1-3-7-16/h1-8,13,18-19,21H,9-12,14H2. The fraction of sp³-hybridized carbons (Fsp3) is 0.333. The molecule has 3 rings (SSSR count). The number of para-hydroxylation sites is 1. The summed E-state index contributed by atoms with van der Waals surface area (Å²) in [4.78, 5) is 2.32. The molecule has 1 saturated heterocycles. The van der Waals surface area contributed by atoms with Crippen LogP contribution < -0.4 is 10.1 Å². The van der Waals surface area contributed by atoms with Crippen molar-refractivity contribution in [1.82, 2.24) is 10.2 Å². The van der Waals surface area contributed by atoms with Gasteiger partial charge in [0.2, 0.25) is 0 Å². The summed E-state index contributed by atoms with van der Waals surface area (Å²) in [5.41, 5.74) is 1.10. The smallest absolute Gasteiger partial charge is 0.127 e. The van der Waals surface area contributed by atoms with Crippen LogP contribution in [0, 0.1) is 0 Å². The van der Waals surface area contributed by atoms with Crippen LogP contribution in [-0.2, 0) is 0 Å². The van der Waals surface area contributed by atoms with Crippen molar-refractivity contribution >= 4 is 0 Å². The second-order valence-corrected chi connectivity index (χ2v) is 5.47. The lowest BCUT2D eigenvalue weighted by Gasteiger charge is -2.34. The largest absolute Gasteiger partial charge is 0.457 e. The summed E-state index contributed by atoms with van der Waals surface area (Å²) in [6.07, 6.45) is 0. The Hall–Kier alpha value is -1.88. The number of aliphatic hydroxyl groups excluding tert-OH is 1. The van der Waals surface area contributed by atoms with Gasteiger partial charge in [0, 0.05) is 26.2 Å². The Bertz CT molecular complexity index is 583. The lowest BCUT2D eigenvalue weighted by molar-refractivity contribution is 0.110. The highest BCUT2D eigenvalue weighted by molar-refractivity contribution is 5.35. The highest BCUT2D eigenvalue weighted by Crippen LogP contribution is 2.27. The van der Waals surface area contributed by atoms with Crippen LogP contribution in [0.2, 0.25) is 0 Å². The Morgan fingerprint density at radius 3 is 2.45 bits per heavy atom. The maximum Gasteiger partial charge on any atom is 0.127 e. The molecule has 1 atom stereocenters. The maximum atomic E-state index is 9.81. The van der Waals surface area contributed by atoms with E-state index in [9.17, 15) is 5.11 Å². The van der Waals surface area contributed by atoms with Crippen LogP contribution in [-0.4, -0.2) is 42.8 Å². The molecule has 1 heterocycles. The van der Waals surface area contributed by atoms with Gasteiger partial charge in [0.05, 0.1) is 12.6 Å². The third-order valence-corrected chi connectivity index (χ3v) is 3.99. The van der Waals surface area contributed by atoms with Gasteiger partial charge in [-0.2, -0.15) is 0 Å². The number of aliphatic hydroxyl groups is 1. The summed E-state index contributed by atoms with van der Waals surface area (Å²) < 4.78 is 5.89. The monoisotopic (exact) mass is 298 g/mol. The van der Waals surface area contributed by atoms with Gasteiger partial charge in [0.1, 0.15) is 11.5 Å². The normalized spacial score (nSPS) is 17.1. The molecule has 116 valence electrons. The maximum absolute atomic E-state index is 9.81. The zero-order valence-corrected chi connectivity index (χ0v) is 12.6. The number of nitrogens with one attached hydrogen (secondary N) is 1. The summed E-state index contributed by atoms with van der Waals surface area (Å²) >= 11 is 0. The van der Waals surface area contributed by atoms with Crippen molar-refractivity contribution in [2.75, 3.05) is 32.8 Å². The van der Waals surface area contributed by atoms with E-state index in [1.165, 1.54) is 0 Å². The second kappa shape index (κ2) is 7.40. The Labute approximate surface area is 131 Å². The third kappa shape index (κ3) is 3.65. The number of ether oxygens (including phenoxy) is 1. The first-order valence-electron chi connectivity index (χ1n) is 7.75. The third-order valence-electron chi connectivity index (χ3n) is 3.99. The van der Waals surface area contributed by atoms with Crippen molar-refractivity contribution in [3.63, 3.8) is 0 Å². The van der Waals surface area contributed by atoms with Crippen molar-refractivity contribution in [2.45, 2.75) is 6.04 Å². The Morgan fingerprint density at radius 2 is 1.73 bits per heavy atom. The van der Waals surface area contributed by atoms with E-state index in [0.29, 0.717) is 0 Å². The number of benzene rings is 2. The van der Waals surface area contributed by atoms with Crippen LogP contribution in [0.1, 0.15) is 11.6 Å². The summed E-state index contributed by atoms with van der Waals surface area (Å²) in [5, 5.41) is 13.2. The molecule has 2 aromatic rings. The van der Waals surface area contributed by atoms with E-state index in [2.05, 4.69) is 16.3 Å². The van der Waals surface area contributed by atoms with E-state index in [1.54, 1.807) is 0 Å². The molecule has 0 spiro atoms. The first-order chi connectivity index (χ1) is 10.9. The van der Waals surface area contributed by atoms with Gasteiger partial charge in [0.25, 0.3) is 0 Å². The molecule has 1 aliphatic rings. The summed E-state index contributed by atoms with van der Waals surface area (Å²) in [6.45, 7) is 3.96. The molecule has 1 unspecified atom stereocenters. The van der Waals surface area contributed by atoms with E-state index < -0.39 is 0 Å². The Morgan fingerprint density at radius 1 is 1.00 bits per heavy atom. The van der Waals surface area contributed by atoms with Crippen molar-refractivity contribution < 1.29 is 9.84 Å². The molecular weight excluding hydrogens is 276 g/mol. The average molecular weight is 298 g/mol. The molecule has 4 heteroatoms. The van der Waals surface area contributed by atoms with Crippen LogP contribution in [0.25, 0.3) is 0 Å². The number of hydrogen-bond donors (Lipinski definition) is 2.